The van der Waals surface area contributed by atoms with Crippen LogP contribution in [0.1, 0.15) is 59.7 Å². The number of carbonyl (C=O) groups is 3. The number of hydrogen-bond acceptors (Lipinski definition) is 8. The zero-order chi connectivity index (χ0) is 27.1. The van der Waals surface area contributed by atoms with Crippen molar-refractivity contribution >= 4 is 62.5 Å². The Balaban J connectivity index is 2.07. The number of nitrogens with zero attached hydrogens (tertiary/aromatic N) is 3. The lowest BCUT2D eigenvalue weighted by Gasteiger charge is -2.25. The predicted octanol–water partition coefficient (Wildman–Crippen LogP) is 6.18. The van der Waals surface area contributed by atoms with Gasteiger partial charge in [-0.05, 0) is 88.0 Å². The molecule has 1 aromatic carbocycles. The van der Waals surface area contributed by atoms with Crippen molar-refractivity contribution in [2.24, 2.45) is 5.10 Å². The molecule has 2 aromatic rings. The molecule has 0 aliphatic carbocycles. The number of hydrogen-bond donors (Lipinski definition) is 2. The van der Waals surface area contributed by atoms with Crippen LogP contribution in [0.3, 0.4) is 0 Å². The van der Waals surface area contributed by atoms with Crippen LogP contribution in [0.25, 0.3) is 0 Å². The first-order chi connectivity index (χ1) is 16.6. The number of amides is 3. The van der Waals surface area contributed by atoms with Gasteiger partial charge < -0.3 is 20.1 Å². The van der Waals surface area contributed by atoms with Crippen LogP contribution in [-0.4, -0.2) is 45.6 Å². The van der Waals surface area contributed by atoms with Gasteiger partial charge >= 0.3 is 12.2 Å². The molecule has 12 heteroatoms. The predicted molar refractivity (Wildman–Crippen MR) is 144 cm³/mol. The molecule has 196 valence electrons. The molecule has 0 bridgehead atoms. The van der Waals surface area contributed by atoms with Crippen molar-refractivity contribution in [3.05, 3.63) is 39.3 Å². The number of benzene rings is 1. The maximum Gasteiger partial charge on any atom is 0.441 e. The van der Waals surface area contributed by atoms with E-state index in [-0.39, 0.29) is 5.91 Å². The fraction of sp³-hybridized carbons (Fsp3) is 0.458. The van der Waals surface area contributed by atoms with Gasteiger partial charge in [0, 0.05) is 12.6 Å². The molecule has 2 N–H and O–H groups in total. The van der Waals surface area contributed by atoms with Gasteiger partial charge in [0.1, 0.15) is 17.5 Å². The molecule has 36 heavy (non-hydrogen) atoms. The molecule has 10 nitrogen and oxygen atoms in total. The van der Waals surface area contributed by atoms with Gasteiger partial charge in [0.2, 0.25) is 5.91 Å². The molecule has 3 amide bonds. The van der Waals surface area contributed by atoms with Crippen molar-refractivity contribution in [1.82, 2.24) is 9.99 Å². The van der Waals surface area contributed by atoms with E-state index in [0.29, 0.717) is 28.7 Å². The summed E-state index contributed by atoms with van der Waals surface area (Å²) in [5, 5.41) is 10.7. The van der Waals surface area contributed by atoms with Crippen molar-refractivity contribution < 1.29 is 23.9 Å². The highest BCUT2D eigenvalue weighted by Crippen LogP contribution is 2.29. The van der Waals surface area contributed by atoms with Crippen LogP contribution >= 0.6 is 27.3 Å². The largest absolute Gasteiger partial charge is 0.442 e. The van der Waals surface area contributed by atoms with E-state index in [1.165, 1.54) is 24.6 Å². The molecular weight excluding hydrogens is 550 g/mol. The summed E-state index contributed by atoms with van der Waals surface area (Å²) in [5.74, 6) is -0.167. The summed E-state index contributed by atoms with van der Waals surface area (Å²) in [4.78, 5) is 40.7. The summed E-state index contributed by atoms with van der Waals surface area (Å²) in [5.41, 5.74) is 0.966. The van der Waals surface area contributed by atoms with Gasteiger partial charge in [0.25, 0.3) is 0 Å². The molecule has 0 aliphatic heterocycles. The number of rotatable bonds is 7. The Labute approximate surface area is 223 Å². The van der Waals surface area contributed by atoms with Crippen LogP contribution < -0.4 is 10.6 Å². The molecule has 0 radical (unpaired) electrons. The van der Waals surface area contributed by atoms with E-state index >= 15 is 0 Å². The molecule has 0 saturated heterocycles. The van der Waals surface area contributed by atoms with Crippen LogP contribution in [0.4, 0.5) is 20.4 Å². The number of aromatic nitrogens is 1. The Morgan fingerprint density at radius 3 is 2.25 bits per heavy atom. The lowest BCUT2D eigenvalue weighted by Crippen LogP contribution is -2.40. The van der Waals surface area contributed by atoms with E-state index in [1.807, 2.05) is 24.3 Å². The SMILES string of the molecule is CC(=O)Nc1nc(CCc2cccc(NC=NN(C(=O)OC(C)(C)C)C(=O)OC(C)(C)C)c2)c(Br)s1. The minimum absolute atomic E-state index is 0.167. The summed E-state index contributed by atoms with van der Waals surface area (Å²) >= 11 is 4.87. The van der Waals surface area contributed by atoms with Crippen LogP contribution in [0.5, 0.6) is 0 Å². The fourth-order valence-corrected chi connectivity index (χ4v) is 4.24. The van der Waals surface area contributed by atoms with Crippen LogP contribution in [0.2, 0.25) is 0 Å². The average molecular weight is 583 g/mol. The second-order valence-electron chi connectivity index (χ2n) is 9.78. The molecule has 0 unspecified atom stereocenters. The van der Waals surface area contributed by atoms with Crippen molar-refractivity contribution in [2.45, 2.75) is 72.5 Å². The number of halogens is 1. The van der Waals surface area contributed by atoms with Gasteiger partial charge in [-0.15, -0.1) is 5.10 Å². The minimum Gasteiger partial charge on any atom is -0.442 e. The van der Waals surface area contributed by atoms with Gasteiger partial charge in [-0.25, -0.2) is 14.6 Å². The zero-order valence-electron chi connectivity index (χ0n) is 21.5. The zero-order valence-corrected chi connectivity index (χ0v) is 23.9. The highest BCUT2D eigenvalue weighted by atomic mass is 79.9. The van der Waals surface area contributed by atoms with E-state index in [2.05, 4.69) is 36.6 Å². The standard InChI is InChI=1S/C24H32BrN5O5S/c1-15(31)28-20-29-18(19(25)36-20)12-11-16-9-8-10-17(13-16)26-14-27-30(21(32)34-23(2,3)4)22(33)35-24(5,6)7/h8-10,13-14H,11-12H2,1-7H3,(H,26,27)(H,28,29,31). The quantitative estimate of drug-likeness (QED) is 0.227. The van der Waals surface area contributed by atoms with Gasteiger partial charge in [0.05, 0.1) is 9.48 Å². The molecule has 0 fully saturated rings. The Kier molecular flexibility index (Phi) is 10.00. The lowest BCUT2D eigenvalue weighted by atomic mass is 10.1. The van der Waals surface area contributed by atoms with Crippen LogP contribution in [0, 0.1) is 0 Å². The van der Waals surface area contributed by atoms with Crippen LogP contribution in [0.15, 0.2) is 33.2 Å². The molecule has 0 atom stereocenters. The third-order valence-electron chi connectivity index (χ3n) is 4.05. The summed E-state index contributed by atoms with van der Waals surface area (Å²) in [6, 6.07) is 7.61. The van der Waals surface area contributed by atoms with Crippen molar-refractivity contribution in [2.75, 3.05) is 10.6 Å². The Hall–Kier alpha value is -2.99. The first kappa shape index (κ1) is 29.2. The highest BCUT2D eigenvalue weighted by Gasteiger charge is 2.31. The van der Waals surface area contributed by atoms with Crippen molar-refractivity contribution in [1.29, 1.82) is 0 Å². The lowest BCUT2D eigenvalue weighted by molar-refractivity contribution is -0.114. The fourth-order valence-electron chi connectivity index (χ4n) is 2.71. The van der Waals surface area contributed by atoms with E-state index < -0.39 is 23.4 Å². The van der Waals surface area contributed by atoms with Gasteiger partial charge in [-0.3, -0.25) is 4.79 Å². The number of aryl methyl sites for hydroxylation is 2. The Bertz CT molecular complexity index is 1090. The number of thiazole rings is 1. The van der Waals surface area contributed by atoms with E-state index in [0.717, 1.165) is 15.0 Å². The molecule has 2 rings (SSSR count). The van der Waals surface area contributed by atoms with Gasteiger partial charge in [-0.1, -0.05) is 28.5 Å². The van der Waals surface area contributed by atoms with E-state index in [9.17, 15) is 14.4 Å². The summed E-state index contributed by atoms with van der Waals surface area (Å²) < 4.78 is 11.4. The molecule has 0 aliphatic rings. The van der Waals surface area contributed by atoms with Crippen molar-refractivity contribution in [3.63, 3.8) is 0 Å². The maximum atomic E-state index is 12.5. The number of ether oxygens (including phenoxy) is 2. The van der Waals surface area contributed by atoms with E-state index in [4.69, 9.17) is 9.47 Å². The minimum atomic E-state index is -0.948. The molecule has 1 aromatic heterocycles. The summed E-state index contributed by atoms with van der Waals surface area (Å²) in [6.07, 6.45) is 0.700. The van der Waals surface area contributed by atoms with Gasteiger partial charge in [0.15, 0.2) is 5.13 Å². The summed E-state index contributed by atoms with van der Waals surface area (Å²) in [6.45, 7) is 11.6. The second-order valence-corrected chi connectivity index (χ2v) is 12.1. The third kappa shape index (κ3) is 10.3. The number of anilines is 2. The number of carbonyl (C=O) groups excluding carboxylic acids is 3. The highest BCUT2D eigenvalue weighted by molar-refractivity contribution is 9.11. The molecule has 0 saturated carbocycles. The van der Waals surface area contributed by atoms with Gasteiger partial charge in [-0.2, -0.15) is 0 Å². The monoisotopic (exact) mass is 581 g/mol. The third-order valence-corrected chi connectivity index (χ3v) is 5.79. The Morgan fingerprint density at radius 1 is 1.08 bits per heavy atom. The first-order valence-electron chi connectivity index (χ1n) is 11.2. The second kappa shape index (κ2) is 12.3. The number of imide groups is 1. The normalized spacial score (nSPS) is 11.8. The molecule has 1 heterocycles. The average Bonchev–Trinajstić information content (AvgIpc) is 3.05. The first-order valence-corrected chi connectivity index (χ1v) is 12.8. The maximum absolute atomic E-state index is 12.5. The van der Waals surface area contributed by atoms with Crippen molar-refractivity contribution in [3.8, 4) is 0 Å². The number of hydrazone groups is 1. The molecule has 0 spiro atoms. The van der Waals surface area contributed by atoms with E-state index in [1.54, 1.807) is 41.5 Å². The topological polar surface area (TPSA) is 122 Å². The molecular formula is C24H32BrN5O5S. The smallest absolute Gasteiger partial charge is 0.441 e. The summed E-state index contributed by atoms with van der Waals surface area (Å²) in [7, 11) is 0. The number of nitrogens with one attached hydrogen (secondary N) is 2. The Morgan fingerprint density at radius 2 is 1.69 bits per heavy atom. The van der Waals surface area contributed by atoms with Crippen LogP contribution in [-0.2, 0) is 27.1 Å².